The first-order valence-corrected chi connectivity index (χ1v) is 11.7. The van der Waals surface area contributed by atoms with Crippen molar-refractivity contribution >= 4 is 33.2 Å². The molecule has 2 heterocycles. The standard InChI is InChI=1S/C18H23ClN4O3S/c1-27(24,25)22-17-21-20-16-5-15(14(19)9-23(16)17)26-10-18-6-11-2-12(7-18)4-13(3-11)8-18/h5,9,11-13H,2-4,6-8,10H2,1H3,(H,21,22). The maximum absolute atomic E-state index is 11.5. The molecule has 0 radical (unpaired) electrons. The predicted molar refractivity (Wildman–Crippen MR) is 103 cm³/mol. The largest absolute Gasteiger partial charge is 0.491 e. The molecule has 0 aliphatic heterocycles. The Morgan fingerprint density at radius 3 is 2.44 bits per heavy atom. The van der Waals surface area contributed by atoms with Gasteiger partial charge in [-0.15, -0.1) is 10.2 Å². The minimum absolute atomic E-state index is 0.113. The maximum atomic E-state index is 11.5. The minimum Gasteiger partial charge on any atom is -0.491 e. The van der Waals surface area contributed by atoms with Crippen molar-refractivity contribution in [3.05, 3.63) is 17.3 Å². The van der Waals surface area contributed by atoms with Gasteiger partial charge in [0.2, 0.25) is 16.0 Å². The van der Waals surface area contributed by atoms with E-state index in [-0.39, 0.29) is 5.95 Å². The lowest BCUT2D eigenvalue weighted by atomic mass is 9.50. The first kappa shape index (κ1) is 17.6. The molecule has 4 bridgehead atoms. The maximum Gasteiger partial charge on any atom is 0.242 e. The molecule has 4 aliphatic carbocycles. The number of fused-ring (bicyclic) bond motifs is 1. The van der Waals surface area contributed by atoms with Gasteiger partial charge in [0.05, 0.1) is 17.9 Å². The van der Waals surface area contributed by atoms with Gasteiger partial charge in [-0.1, -0.05) is 11.6 Å². The third kappa shape index (κ3) is 3.27. The lowest BCUT2D eigenvalue weighted by Gasteiger charge is -2.56. The Morgan fingerprint density at radius 1 is 1.22 bits per heavy atom. The van der Waals surface area contributed by atoms with Gasteiger partial charge in [-0.05, 0) is 56.3 Å². The number of nitrogens with one attached hydrogen (secondary N) is 1. The highest BCUT2D eigenvalue weighted by Gasteiger charge is 2.51. The van der Waals surface area contributed by atoms with E-state index in [4.69, 9.17) is 16.3 Å². The van der Waals surface area contributed by atoms with Crippen molar-refractivity contribution in [2.24, 2.45) is 23.2 Å². The van der Waals surface area contributed by atoms with E-state index in [2.05, 4.69) is 14.9 Å². The summed E-state index contributed by atoms with van der Waals surface area (Å²) in [5.41, 5.74) is 0.784. The first-order chi connectivity index (χ1) is 12.8. The van der Waals surface area contributed by atoms with Crippen LogP contribution in [0.25, 0.3) is 5.65 Å². The average Bonchev–Trinajstić information content (AvgIpc) is 2.91. The molecule has 0 aromatic carbocycles. The number of ether oxygens (including phenoxy) is 1. The number of halogens is 1. The molecule has 0 spiro atoms. The van der Waals surface area contributed by atoms with Crippen LogP contribution in [0.15, 0.2) is 12.3 Å². The minimum atomic E-state index is -3.45. The van der Waals surface area contributed by atoms with Crippen molar-refractivity contribution in [2.45, 2.75) is 38.5 Å². The summed E-state index contributed by atoms with van der Waals surface area (Å²) < 4.78 is 32.9. The molecule has 146 valence electrons. The predicted octanol–water partition coefficient (Wildman–Crippen LogP) is 3.35. The molecule has 0 atom stereocenters. The van der Waals surface area contributed by atoms with Crippen LogP contribution in [0.3, 0.4) is 0 Å². The first-order valence-electron chi connectivity index (χ1n) is 9.43. The normalized spacial score (nSPS) is 32.1. The lowest BCUT2D eigenvalue weighted by molar-refractivity contribution is -0.0745. The molecule has 4 fully saturated rings. The molecule has 0 saturated heterocycles. The molecular formula is C18H23ClN4O3S. The average molecular weight is 411 g/mol. The third-order valence-electron chi connectivity index (χ3n) is 6.44. The van der Waals surface area contributed by atoms with Crippen molar-refractivity contribution in [1.82, 2.24) is 14.6 Å². The van der Waals surface area contributed by atoms with Crippen molar-refractivity contribution in [3.8, 4) is 5.75 Å². The Morgan fingerprint density at radius 2 is 1.85 bits per heavy atom. The zero-order valence-electron chi connectivity index (χ0n) is 15.2. The molecule has 2 aromatic heterocycles. The Bertz CT molecular complexity index is 968. The third-order valence-corrected chi connectivity index (χ3v) is 7.27. The highest BCUT2D eigenvalue weighted by atomic mass is 35.5. The van der Waals surface area contributed by atoms with Gasteiger partial charge in [-0.2, -0.15) is 0 Å². The molecule has 2 aromatic rings. The molecule has 6 rings (SSSR count). The van der Waals surface area contributed by atoms with Gasteiger partial charge in [-0.25, -0.2) is 8.42 Å². The quantitative estimate of drug-likeness (QED) is 0.816. The summed E-state index contributed by atoms with van der Waals surface area (Å²) in [5, 5.41) is 8.33. The van der Waals surface area contributed by atoms with Crippen LogP contribution in [0, 0.1) is 23.2 Å². The molecular weight excluding hydrogens is 388 g/mol. The number of rotatable bonds is 5. The molecule has 4 aliphatic rings. The fourth-order valence-corrected chi connectivity index (χ4v) is 6.61. The summed E-state index contributed by atoms with van der Waals surface area (Å²) in [5.74, 6) is 3.32. The van der Waals surface area contributed by atoms with Crippen LogP contribution in [-0.2, 0) is 10.0 Å². The number of sulfonamides is 1. The summed E-state index contributed by atoms with van der Waals surface area (Å²) >= 11 is 6.41. The zero-order valence-corrected chi connectivity index (χ0v) is 16.8. The Hall–Kier alpha value is -1.54. The topological polar surface area (TPSA) is 85.6 Å². The van der Waals surface area contributed by atoms with Crippen LogP contribution in [0.1, 0.15) is 38.5 Å². The summed E-state index contributed by atoms with van der Waals surface area (Å²) in [6.07, 6.45) is 10.7. The summed E-state index contributed by atoms with van der Waals surface area (Å²) in [4.78, 5) is 0. The molecule has 0 amide bonds. The van der Waals surface area contributed by atoms with Crippen LogP contribution >= 0.6 is 11.6 Å². The smallest absolute Gasteiger partial charge is 0.242 e. The SMILES string of the molecule is CS(=O)(=O)Nc1nnc2cc(OCC34CC5CC(CC(C5)C3)C4)c(Cl)cn12. The van der Waals surface area contributed by atoms with E-state index in [1.165, 1.54) is 42.9 Å². The van der Waals surface area contributed by atoms with E-state index in [1.807, 2.05) is 0 Å². The van der Waals surface area contributed by atoms with Crippen molar-refractivity contribution in [1.29, 1.82) is 0 Å². The Labute approximate surface area is 163 Å². The number of nitrogens with zero attached hydrogens (tertiary/aromatic N) is 3. The second kappa shape index (κ2) is 5.98. The highest BCUT2D eigenvalue weighted by molar-refractivity contribution is 7.92. The molecule has 0 unspecified atom stereocenters. The highest BCUT2D eigenvalue weighted by Crippen LogP contribution is 2.60. The van der Waals surface area contributed by atoms with Gasteiger partial charge in [0, 0.05) is 17.7 Å². The monoisotopic (exact) mass is 410 g/mol. The van der Waals surface area contributed by atoms with Crippen LogP contribution < -0.4 is 9.46 Å². The van der Waals surface area contributed by atoms with Gasteiger partial charge in [-0.3, -0.25) is 9.12 Å². The van der Waals surface area contributed by atoms with E-state index in [9.17, 15) is 8.42 Å². The molecule has 4 saturated carbocycles. The van der Waals surface area contributed by atoms with Gasteiger partial charge in [0.25, 0.3) is 0 Å². The van der Waals surface area contributed by atoms with E-state index < -0.39 is 10.0 Å². The number of aromatic nitrogens is 3. The van der Waals surface area contributed by atoms with Gasteiger partial charge < -0.3 is 4.74 Å². The number of pyridine rings is 1. The van der Waals surface area contributed by atoms with Crippen LogP contribution in [0.5, 0.6) is 5.75 Å². The fraction of sp³-hybridized carbons (Fsp3) is 0.667. The van der Waals surface area contributed by atoms with Crippen molar-refractivity contribution in [3.63, 3.8) is 0 Å². The van der Waals surface area contributed by atoms with E-state index in [0.717, 1.165) is 24.0 Å². The zero-order chi connectivity index (χ0) is 18.8. The molecule has 1 N–H and O–H groups in total. The second-order valence-electron chi connectivity index (χ2n) is 8.82. The van der Waals surface area contributed by atoms with Gasteiger partial charge in [0.1, 0.15) is 5.75 Å². The molecule has 27 heavy (non-hydrogen) atoms. The van der Waals surface area contributed by atoms with Gasteiger partial charge >= 0.3 is 0 Å². The second-order valence-corrected chi connectivity index (χ2v) is 11.0. The summed E-state index contributed by atoms with van der Waals surface area (Å²) in [6, 6.07) is 1.73. The van der Waals surface area contributed by atoms with E-state index in [0.29, 0.717) is 28.4 Å². The number of hydrogen-bond donors (Lipinski definition) is 1. The Balaban J connectivity index is 1.37. The van der Waals surface area contributed by atoms with Crippen LogP contribution in [-0.4, -0.2) is 35.9 Å². The van der Waals surface area contributed by atoms with Crippen molar-refractivity contribution < 1.29 is 13.2 Å². The van der Waals surface area contributed by atoms with Gasteiger partial charge in [0.15, 0.2) is 5.65 Å². The van der Waals surface area contributed by atoms with Crippen LogP contribution in [0.2, 0.25) is 5.02 Å². The summed E-state index contributed by atoms with van der Waals surface area (Å²) in [7, 11) is -3.45. The number of anilines is 1. The van der Waals surface area contributed by atoms with Crippen molar-refractivity contribution in [2.75, 3.05) is 17.6 Å². The number of hydrogen-bond acceptors (Lipinski definition) is 5. The summed E-state index contributed by atoms with van der Waals surface area (Å²) in [6.45, 7) is 0.689. The van der Waals surface area contributed by atoms with E-state index >= 15 is 0 Å². The fourth-order valence-electron chi connectivity index (χ4n) is 5.94. The van der Waals surface area contributed by atoms with E-state index in [1.54, 1.807) is 12.3 Å². The Kier molecular flexibility index (Phi) is 3.89. The van der Waals surface area contributed by atoms with Crippen LogP contribution in [0.4, 0.5) is 5.95 Å². The molecule has 9 heteroatoms. The molecule has 7 nitrogen and oxygen atoms in total. The lowest BCUT2D eigenvalue weighted by Crippen LogP contribution is -2.48.